The maximum absolute atomic E-state index is 2.52. The summed E-state index contributed by atoms with van der Waals surface area (Å²) in [7, 11) is 0. The maximum atomic E-state index is 2.52. The van der Waals surface area contributed by atoms with E-state index in [1.54, 1.807) is 0 Å². The van der Waals surface area contributed by atoms with Crippen LogP contribution in [0, 0.1) is 0 Å². The average molecular weight is 612 g/mol. The molecule has 0 amide bonds. The number of rotatable bonds is 2. The van der Waals surface area contributed by atoms with Gasteiger partial charge >= 0.3 is 0 Å². The first-order chi connectivity index (χ1) is 23.6. The number of benzene rings is 7. The van der Waals surface area contributed by atoms with Crippen molar-refractivity contribution in [3.8, 4) is 27.9 Å². The number of hydrogen-bond acceptors (Lipinski definition) is 0. The van der Waals surface area contributed by atoms with Crippen molar-refractivity contribution < 1.29 is 0 Å². The Bertz CT molecular complexity index is 2770. The van der Waals surface area contributed by atoms with Crippen LogP contribution in [0.3, 0.4) is 0 Å². The molecule has 7 aromatic carbocycles. The summed E-state index contributed by atoms with van der Waals surface area (Å²) in [6, 6.07) is 48.2. The Labute approximate surface area is 280 Å². The molecule has 0 atom stereocenters. The molecule has 3 aliphatic carbocycles. The van der Waals surface area contributed by atoms with Crippen molar-refractivity contribution >= 4 is 54.5 Å². The Balaban J connectivity index is 1.10. The first kappa shape index (κ1) is 26.4. The largest absolute Gasteiger partial charge is 0.309 e. The molecule has 1 heteroatoms. The van der Waals surface area contributed by atoms with E-state index in [-0.39, 0.29) is 5.41 Å². The zero-order chi connectivity index (χ0) is 31.7. The lowest BCUT2D eigenvalue weighted by Crippen LogP contribution is -2.16. The van der Waals surface area contributed by atoms with Crippen molar-refractivity contribution in [3.05, 3.63) is 162 Å². The van der Waals surface area contributed by atoms with Gasteiger partial charge in [0.2, 0.25) is 0 Å². The van der Waals surface area contributed by atoms with Crippen molar-refractivity contribution in [3.63, 3.8) is 0 Å². The topological polar surface area (TPSA) is 4.93 Å². The van der Waals surface area contributed by atoms with Crippen LogP contribution in [-0.4, -0.2) is 4.57 Å². The second-order valence-corrected chi connectivity index (χ2v) is 14.4. The van der Waals surface area contributed by atoms with Gasteiger partial charge in [-0.25, -0.2) is 0 Å². The van der Waals surface area contributed by atoms with E-state index in [1.807, 2.05) is 0 Å². The highest BCUT2D eigenvalue weighted by atomic mass is 15.0. The molecule has 1 heterocycles. The van der Waals surface area contributed by atoms with Gasteiger partial charge in [-0.3, -0.25) is 0 Å². The van der Waals surface area contributed by atoms with Crippen molar-refractivity contribution in [2.24, 2.45) is 0 Å². The Morgan fingerprint density at radius 1 is 0.521 bits per heavy atom. The summed E-state index contributed by atoms with van der Waals surface area (Å²) in [5.74, 6) is 0. The predicted molar refractivity (Wildman–Crippen MR) is 204 cm³/mol. The van der Waals surface area contributed by atoms with Crippen molar-refractivity contribution in [2.45, 2.75) is 32.1 Å². The number of aromatic nitrogens is 1. The van der Waals surface area contributed by atoms with Gasteiger partial charge in [0.15, 0.2) is 0 Å². The van der Waals surface area contributed by atoms with Crippen LogP contribution in [0.15, 0.2) is 140 Å². The van der Waals surface area contributed by atoms with Crippen LogP contribution in [0.4, 0.5) is 0 Å². The molecular weight excluding hydrogens is 579 g/mol. The Morgan fingerprint density at radius 3 is 2.10 bits per heavy atom. The van der Waals surface area contributed by atoms with E-state index >= 15 is 0 Å². The normalized spacial score (nSPS) is 15.5. The fourth-order valence-corrected chi connectivity index (χ4v) is 9.41. The number of allylic oxidation sites excluding steroid dienone is 4. The highest BCUT2D eigenvalue weighted by Gasteiger charge is 2.38. The van der Waals surface area contributed by atoms with Crippen LogP contribution >= 0.6 is 0 Å². The molecule has 0 N–H and O–H groups in total. The summed E-state index contributed by atoms with van der Waals surface area (Å²) in [5.41, 5.74) is 17.4. The SMILES string of the molecule is CC1(C)c2ccccc2-c2ccc3c4ccccc4n(-c4ccc5cc(-c6ccc7c8c(cccc68)C6=CCCC=C67)ccc5c4)c3c21. The molecule has 226 valence electrons. The second-order valence-electron chi connectivity index (χ2n) is 14.4. The van der Waals surface area contributed by atoms with Gasteiger partial charge in [-0.15, -0.1) is 0 Å². The fraction of sp³-hybridized carbons (Fsp3) is 0.106. The van der Waals surface area contributed by atoms with Gasteiger partial charge in [0.25, 0.3) is 0 Å². The molecule has 0 saturated heterocycles. The van der Waals surface area contributed by atoms with Crippen LogP contribution in [-0.2, 0) is 5.41 Å². The van der Waals surface area contributed by atoms with Crippen molar-refractivity contribution in [1.82, 2.24) is 4.57 Å². The first-order valence-electron chi connectivity index (χ1n) is 17.3. The lowest BCUT2D eigenvalue weighted by molar-refractivity contribution is 0.664. The Kier molecular flexibility index (Phi) is 5.08. The zero-order valence-electron chi connectivity index (χ0n) is 27.1. The molecule has 0 unspecified atom stereocenters. The number of fused-ring (bicyclic) bond motifs is 11. The molecule has 11 rings (SSSR count). The van der Waals surface area contributed by atoms with E-state index in [4.69, 9.17) is 0 Å². The molecule has 1 nitrogen and oxygen atoms in total. The molecule has 0 fully saturated rings. The van der Waals surface area contributed by atoms with Gasteiger partial charge in [-0.2, -0.15) is 0 Å². The third-order valence-corrected chi connectivity index (χ3v) is 11.5. The van der Waals surface area contributed by atoms with Crippen LogP contribution < -0.4 is 0 Å². The summed E-state index contributed by atoms with van der Waals surface area (Å²) in [5, 5.41) is 7.89. The highest BCUT2D eigenvalue weighted by molar-refractivity contribution is 6.24. The predicted octanol–water partition coefficient (Wildman–Crippen LogP) is 12.6. The van der Waals surface area contributed by atoms with Gasteiger partial charge < -0.3 is 4.57 Å². The van der Waals surface area contributed by atoms with E-state index in [2.05, 4.69) is 158 Å². The molecule has 0 aliphatic heterocycles. The summed E-state index contributed by atoms with van der Waals surface area (Å²) < 4.78 is 2.52. The van der Waals surface area contributed by atoms with Gasteiger partial charge in [0.05, 0.1) is 11.0 Å². The summed E-state index contributed by atoms with van der Waals surface area (Å²) in [6.07, 6.45) is 7.13. The molecule has 48 heavy (non-hydrogen) atoms. The quantitative estimate of drug-likeness (QED) is 0.183. The molecule has 0 spiro atoms. The van der Waals surface area contributed by atoms with E-state index in [0.29, 0.717) is 0 Å². The summed E-state index contributed by atoms with van der Waals surface area (Å²) in [4.78, 5) is 0. The monoisotopic (exact) mass is 611 g/mol. The van der Waals surface area contributed by atoms with E-state index in [1.165, 1.54) is 105 Å². The standard InChI is InChI=1S/C47H33N/c1-47(2)42-16-7-5-12-35(42)40-24-25-41-36-13-6-8-17-43(36)48(46(41)45(40)47)31-21-20-28-26-30(19-18-29(28)27-31)32-22-23-39-34-11-4-3-10-33(34)38-15-9-14-37(32)44(38)39/h5-27H,3-4H2,1-2H3. The van der Waals surface area contributed by atoms with Crippen molar-refractivity contribution in [1.29, 1.82) is 0 Å². The van der Waals surface area contributed by atoms with E-state index in [0.717, 1.165) is 12.8 Å². The minimum atomic E-state index is -0.103. The Hall–Kier alpha value is -5.66. The minimum Gasteiger partial charge on any atom is -0.309 e. The molecule has 3 aliphatic rings. The van der Waals surface area contributed by atoms with Crippen molar-refractivity contribution in [2.75, 3.05) is 0 Å². The number of hydrogen-bond donors (Lipinski definition) is 0. The average Bonchev–Trinajstić information content (AvgIpc) is 3.72. The van der Waals surface area contributed by atoms with Gasteiger partial charge in [0.1, 0.15) is 0 Å². The van der Waals surface area contributed by atoms with Gasteiger partial charge in [-0.1, -0.05) is 129 Å². The van der Waals surface area contributed by atoms with Gasteiger partial charge in [0, 0.05) is 21.9 Å². The van der Waals surface area contributed by atoms with Crippen LogP contribution in [0.2, 0.25) is 0 Å². The molecule has 8 aromatic rings. The second kappa shape index (κ2) is 9.24. The number of nitrogens with zero attached hydrogens (tertiary/aromatic N) is 1. The molecular formula is C47H33N. The first-order valence-corrected chi connectivity index (χ1v) is 17.3. The smallest absolute Gasteiger partial charge is 0.0588 e. The van der Waals surface area contributed by atoms with E-state index < -0.39 is 0 Å². The lowest BCUT2D eigenvalue weighted by Gasteiger charge is -2.23. The highest BCUT2D eigenvalue weighted by Crippen LogP contribution is 2.53. The van der Waals surface area contributed by atoms with Crippen LogP contribution in [0.5, 0.6) is 0 Å². The molecule has 0 bridgehead atoms. The van der Waals surface area contributed by atoms with E-state index in [9.17, 15) is 0 Å². The maximum Gasteiger partial charge on any atom is 0.0588 e. The molecule has 0 radical (unpaired) electrons. The summed E-state index contributed by atoms with van der Waals surface area (Å²) >= 11 is 0. The van der Waals surface area contributed by atoms with Crippen LogP contribution in [0.1, 0.15) is 48.9 Å². The van der Waals surface area contributed by atoms with Crippen LogP contribution in [0.25, 0.3) is 82.4 Å². The lowest BCUT2D eigenvalue weighted by atomic mass is 9.81. The third-order valence-electron chi connectivity index (χ3n) is 11.5. The minimum absolute atomic E-state index is 0.103. The summed E-state index contributed by atoms with van der Waals surface area (Å²) in [6.45, 7) is 4.78. The van der Waals surface area contributed by atoms with Gasteiger partial charge in [-0.05, 0) is 114 Å². The fourth-order valence-electron chi connectivity index (χ4n) is 9.41. The number of para-hydroxylation sites is 1. The Morgan fingerprint density at radius 2 is 1.21 bits per heavy atom. The molecule has 0 saturated carbocycles. The zero-order valence-corrected chi connectivity index (χ0v) is 27.1. The third kappa shape index (κ3) is 3.31. The molecule has 1 aromatic heterocycles.